The molecule has 2 rings (SSSR count). The third kappa shape index (κ3) is 3.53. The van der Waals surface area contributed by atoms with Crippen molar-refractivity contribution in [2.75, 3.05) is 6.54 Å². The molecule has 1 N–H and O–H groups in total. The van der Waals surface area contributed by atoms with Crippen LogP contribution in [-0.4, -0.2) is 18.4 Å². The lowest BCUT2D eigenvalue weighted by molar-refractivity contribution is 0.101. The van der Waals surface area contributed by atoms with E-state index in [4.69, 9.17) is 0 Å². The molecule has 1 aromatic rings. The lowest BCUT2D eigenvalue weighted by Crippen LogP contribution is -2.31. The van der Waals surface area contributed by atoms with E-state index in [1.165, 1.54) is 19.3 Å². The summed E-state index contributed by atoms with van der Waals surface area (Å²) in [7, 11) is 0. The fourth-order valence-corrected chi connectivity index (χ4v) is 2.10. The number of nitrogens with one attached hydrogen (secondary N) is 1. The smallest absolute Gasteiger partial charge is 0.159 e. The van der Waals surface area contributed by atoms with Crippen LogP contribution in [-0.2, 0) is 0 Å². The van der Waals surface area contributed by atoms with E-state index in [2.05, 4.69) is 17.5 Å². The monoisotopic (exact) mass is 229 g/mol. The summed E-state index contributed by atoms with van der Waals surface area (Å²) in [5.74, 6) is 0.120. The fourth-order valence-electron chi connectivity index (χ4n) is 2.10. The van der Waals surface area contributed by atoms with Gasteiger partial charge in [0.15, 0.2) is 5.78 Å². The van der Waals surface area contributed by atoms with Crippen molar-refractivity contribution < 1.29 is 4.79 Å². The first-order valence-electron chi connectivity index (χ1n) is 6.28. The SMILES string of the molecule is CC(=O)c1ccc(/C=C/[C@@H]2CCCCN2)cc1. The Labute approximate surface area is 103 Å². The normalized spacial score (nSPS) is 20.6. The molecule has 1 saturated heterocycles. The molecule has 1 fully saturated rings. The fraction of sp³-hybridized carbons (Fsp3) is 0.400. The number of Topliss-reactive ketones (excluding diaryl/α,β-unsaturated/α-hetero) is 1. The molecule has 1 aliphatic heterocycles. The average molecular weight is 229 g/mol. The summed E-state index contributed by atoms with van der Waals surface area (Å²) >= 11 is 0. The first-order chi connectivity index (χ1) is 8.25. The molecule has 1 atom stereocenters. The Bertz CT molecular complexity index is 399. The second kappa shape index (κ2) is 5.78. The third-order valence-electron chi connectivity index (χ3n) is 3.19. The van der Waals surface area contributed by atoms with E-state index in [0.29, 0.717) is 6.04 Å². The zero-order valence-electron chi connectivity index (χ0n) is 10.3. The molecule has 90 valence electrons. The Morgan fingerprint density at radius 2 is 2.06 bits per heavy atom. The molecule has 0 bridgehead atoms. The number of carbonyl (C=O) groups is 1. The van der Waals surface area contributed by atoms with Crippen molar-refractivity contribution >= 4 is 11.9 Å². The van der Waals surface area contributed by atoms with Gasteiger partial charge in [0.1, 0.15) is 0 Å². The summed E-state index contributed by atoms with van der Waals surface area (Å²) in [6.07, 6.45) is 8.18. The van der Waals surface area contributed by atoms with Gasteiger partial charge in [0.25, 0.3) is 0 Å². The highest BCUT2D eigenvalue weighted by atomic mass is 16.1. The minimum Gasteiger partial charge on any atom is -0.311 e. The number of carbonyl (C=O) groups excluding carboxylic acids is 1. The van der Waals surface area contributed by atoms with E-state index >= 15 is 0 Å². The van der Waals surface area contributed by atoms with Crippen LogP contribution in [0.4, 0.5) is 0 Å². The molecule has 0 unspecified atom stereocenters. The van der Waals surface area contributed by atoms with Crippen molar-refractivity contribution in [1.82, 2.24) is 5.32 Å². The third-order valence-corrected chi connectivity index (χ3v) is 3.19. The van der Waals surface area contributed by atoms with Gasteiger partial charge < -0.3 is 5.32 Å². The van der Waals surface area contributed by atoms with Crippen LogP contribution >= 0.6 is 0 Å². The van der Waals surface area contributed by atoms with Gasteiger partial charge in [-0.25, -0.2) is 0 Å². The number of rotatable bonds is 3. The van der Waals surface area contributed by atoms with Gasteiger partial charge in [0, 0.05) is 11.6 Å². The van der Waals surface area contributed by atoms with E-state index in [-0.39, 0.29) is 5.78 Å². The minimum atomic E-state index is 0.120. The van der Waals surface area contributed by atoms with Crippen molar-refractivity contribution in [3.63, 3.8) is 0 Å². The van der Waals surface area contributed by atoms with Crippen LogP contribution in [0.15, 0.2) is 30.3 Å². The van der Waals surface area contributed by atoms with Crippen LogP contribution in [0.25, 0.3) is 6.08 Å². The lowest BCUT2D eigenvalue weighted by atomic mass is 10.0. The number of piperidine rings is 1. The molecule has 2 heteroatoms. The van der Waals surface area contributed by atoms with Crippen LogP contribution in [0.2, 0.25) is 0 Å². The van der Waals surface area contributed by atoms with Gasteiger partial charge in [-0.2, -0.15) is 0 Å². The van der Waals surface area contributed by atoms with Crippen LogP contribution in [0.1, 0.15) is 42.1 Å². The maximum absolute atomic E-state index is 11.1. The molecule has 0 saturated carbocycles. The molecule has 0 spiro atoms. The number of hydrogen-bond acceptors (Lipinski definition) is 2. The molecule has 1 heterocycles. The Morgan fingerprint density at radius 1 is 1.29 bits per heavy atom. The van der Waals surface area contributed by atoms with Gasteiger partial charge in [-0.05, 0) is 31.9 Å². The molecule has 2 nitrogen and oxygen atoms in total. The predicted molar refractivity (Wildman–Crippen MR) is 71.1 cm³/mol. The van der Waals surface area contributed by atoms with Crippen LogP contribution in [0, 0.1) is 0 Å². The maximum Gasteiger partial charge on any atom is 0.159 e. The van der Waals surface area contributed by atoms with Gasteiger partial charge in [0.2, 0.25) is 0 Å². The summed E-state index contributed by atoms with van der Waals surface area (Å²) in [5.41, 5.74) is 1.93. The number of hydrogen-bond donors (Lipinski definition) is 1. The Morgan fingerprint density at radius 3 is 2.65 bits per heavy atom. The molecule has 17 heavy (non-hydrogen) atoms. The largest absolute Gasteiger partial charge is 0.311 e. The molecule has 0 aromatic heterocycles. The summed E-state index contributed by atoms with van der Waals surface area (Å²) in [5, 5.41) is 3.48. The number of ketones is 1. The van der Waals surface area contributed by atoms with Gasteiger partial charge in [-0.1, -0.05) is 42.8 Å². The Balaban J connectivity index is 1.98. The van der Waals surface area contributed by atoms with Crippen LogP contribution < -0.4 is 5.32 Å². The average Bonchev–Trinajstić information content (AvgIpc) is 2.38. The standard InChI is InChI=1S/C15H19NO/c1-12(17)14-8-5-13(6-9-14)7-10-15-4-2-3-11-16-15/h5-10,15-16H,2-4,11H2,1H3/b10-7+/t15-/m0/s1. The van der Waals surface area contributed by atoms with Gasteiger partial charge in [0.05, 0.1) is 0 Å². The molecular formula is C15H19NO. The maximum atomic E-state index is 11.1. The van der Waals surface area contributed by atoms with Crippen LogP contribution in [0.5, 0.6) is 0 Å². The van der Waals surface area contributed by atoms with Gasteiger partial charge >= 0.3 is 0 Å². The summed E-state index contributed by atoms with van der Waals surface area (Å²) in [6.45, 7) is 2.72. The second-order valence-electron chi connectivity index (χ2n) is 4.59. The summed E-state index contributed by atoms with van der Waals surface area (Å²) in [6, 6.07) is 8.27. The molecule has 0 aliphatic carbocycles. The highest BCUT2D eigenvalue weighted by Gasteiger charge is 2.08. The Kier molecular flexibility index (Phi) is 4.10. The Hall–Kier alpha value is -1.41. The van der Waals surface area contributed by atoms with Crippen LogP contribution in [0.3, 0.4) is 0 Å². The van der Waals surface area contributed by atoms with Crippen molar-refractivity contribution in [2.24, 2.45) is 0 Å². The quantitative estimate of drug-likeness (QED) is 0.807. The zero-order valence-corrected chi connectivity index (χ0v) is 10.3. The van der Waals surface area contributed by atoms with Gasteiger partial charge in [-0.15, -0.1) is 0 Å². The molecule has 1 aliphatic rings. The van der Waals surface area contributed by atoms with Crippen molar-refractivity contribution in [1.29, 1.82) is 0 Å². The second-order valence-corrected chi connectivity index (χ2v) is 4.59. The van der Waals surface area contributed by atoms with Crippen molar-refractivity contribution in [2.45, 2.75) is 32.2 Å². The van der Waals surface area contributed by atoms with E-state index in [9.17, 15) is 4.79 Å². The molecule has 0 amide bonds. The number of benzene rings is 1. The highest BCUT2D eigenvalue weighted by Crippen LogP contribution is 2.11. The first kappa shape index (κ1) is 12.1. The van der Waals surface area contributed by atoms with Gasteiger partial charge in [-0.3, -0.25) is 4.79 Å². The summed E-state index contributed by atoms with van der Waals surface area (Å²) in [4.78, 5) is 11.1. The van der Waals surface area contributed by atoms with E-state index in [1.54, 1.807) is 6.92 Å². The summed E-state index contributed by atoms with van der Waals surface area (Å²) < 4.78 is 0. The topological polar surface area (TPSA) is 29.1 Å². The van der Waals surface area contributed by atoms with Crippen molar-refractivity contribution in [3.8, 4) is 0 Å². The van der Waals surface area contributed by atoms with E-state index in [1.807, 2.05) is 24.3 Å². The van der Waals surface area contributed by atoms with Crippen molar-refractivity contribution in [3.05, 3.63) is 41.5 Å². The first-order valence-corrected chi connectivity index (χ1v) is 6.28. The predicted octanol–water partition coefficient (Wildman–Crippen LogP) is 3.04. The minimum absolute atomic E-state index is 0.120. The molecular weight excluding hydrogens is 210 g/mol. The molecule has 0 radical (unpaired) electrons. The van der Waals surface area contributed by atoms with E-state index < -0.39 is 0 Å². The zero-order chi connectivity index (χ0) is 12.1. The lowest BCUT2D eigenvalue weighted by Gasteiger charge is -2.19. The molecule has 1 aromatic carbocycles. The van der Waals surface area contributed by atoms with E-state index in [0.717, 1.165) is 17.7 Å². The highest BCUT2D eigenvalue weighted by molar-refractivity contribution is 5.94.